The third-order valence-electron chi connectivity index (χ3n) is 5.65. The molecule has 5 aromatic rings. The summed E-state index contributed by atoms with van der Waals surface area (Å²) < 4.78 is 10.6. The van der Waals surface area contributed by atoms with Gasteiger partial charge in [0.05, 0.1) is 19.7 Å². The van der Waals surface area contributed by atoms with Gasteiger partial charge in [0.1, 0.15) is 11.5 Å². The number of benzene rings is 4. The standard InChI is InChI=1S/C27H21NO3/c1-30-19-11-7-17(8-12-19)22-15-24-26(28-25-6-4-3-5-21(25)27(24)29)16-23(22)18-9-13-20(31-2)14-10-18/h3-16H,1-2H3,(H,28,29). The molecule has 0 fully saturated rings. The lowest BCUT2D eigenvalue weighted by Gasteiger charge is -2.14. The second-order valence-electron chi connectivity index (χ2n) is 7.40. The van der Waals surface area contributed by atoms with Crippen LogP contribution < -0.4 is 14.9 Å². The zero-order chi connectivity index (χ0) is 21.4. The summed E-state index contributed by atoms with van der Waals surface area (Å²) in [7, 11) is 3.31. The predicted molar refractivity (Wildman–Crippen MR) is 126 cm³/mol. The molecule has 4 aromatic carbocycles. The van der Waals surface area contributed by atoms with E-state index in [1.54, 1.807) is 14.2 Å². The van der Waals surface area contributed by atoms with E-state index >= 15 is 0 Å². The SMILES string of the molecule is COc1ccc(-c2cc3[nH]c4ccccc4c(=O)c3cc2-c2ccc(OC)cc2)cc1. The molecule has 0 saturated heterocycles. The van der Waals surface area contributed by atoms with Gasteiger partial charge in [0.2, 0.25) is 0 Å². The second kappa shape index (κ2) is 7.65. The van der Waals surface area contributed by atoms with E-state index in [1.165, 1.54) is 0 Å². The molecule has 4 nitrogen and oxygen atoms in total. The van der Waals surface area contributed by atoms with Crippen molar-refractivity contribution in [3.8, 4) is 33.8 Å². The molecule has 152 valence electrons. The molecule has 0 aliphatic heterocycles. The van der Waals surface area contributed by atoms with E-state index in [1.807, 2.05) is 78.9 Å². The molecule has 0 amide bonds. The maximum Gasteiger partial charge on any atom is 0.197 e. The lowest BCUT2D eigenvalue weighted by molar-refractivity contribution is 0.414. The maximum atomic E-state index is 13.2. The maximum absolute atomic E-state index is 13.2. The van der Waals surface area contributed by atoms with E-state index in [4.69, 9.17) is 9.47 Å². The Labute approximate surface area is 179 Å². The normalized spacial score (nSPS) is 11.0. The number of hydrogen-bond acceptors (Lipinski definition) is 3. The molecule has 0 atom stereocenters. The monoisotopic (exact) mass is 407 g/mol. The van der Waals surface area contributed by atoms with Crippen molar-refractivity contribution in [3.05, 3.63) is 95.2 Å². The summed E-state index contributed by atoms with van der Waals surface area (Å²) in [5.74, 6) is 1.59. The summed E-state index contributed by atoms with van der Waals surface area (Å²) in [5.41, 5.74) is 5.75. The van der Waals surface area contributed by atoms with E-state index in [0.717, 1.165) is 44.8 Å². The summed E-state index contributed by atoms with van der Waals surface area (Å²) in [5, 5.41) is 1.36. The molecule has 0 saturated carbocycles. The highest BCUT2D eigenvalue weighted by molar-refractivity contribution is 5.99. The molecule has 1 aromatic heterocycles. The van der Waals surface area contributed by atoms with E-state index in [2.05, 4.69) is 11.1 Å². The second-order valence-corrected chi connectivity index (χ2v) is 7.40. The van der Waals surface area contributed by atoms with Crippen LogP contribution in [0.5, 0.6) is 11.5 Å². The average molecular weight is 407 g/mol. The van der Waals surface area contributed by atoms with Crippen LogP contribution in [0.3, 0.4) is 0 Å². The zero-order valence-electron chi connectivity index (χ0n) is 17.3. The van der Waals surface area contributed by atoms with Crippen LogP contribution in [0.4, 0.5) is 0 Å². The first-order valence-electron chi connectivity index (χ1n) is 10.1. The lowest BCUT2D eigenvalue weighted by atomic mass is 9.92. The molecule has 4 heteroatoms. The number of pyridine rings is 1. The summed E-state index contributed by atoms with van der Waals surface area (Å²) in [6, 6.07) is 27.5. The van der Waals surface area contributed by atoms with Crippen LogP contribution in [0.1, 0.15) is 0 Å². The number of H-pyrrole nitrogens is 1. The van der Waals surface area contributed by atoms with E-state index in [9.17, 15) is 4.79 Å². The number of hydrogen-bond donors (Lipinski definition) is 1. The fraction of sp³-hybridized carbons (Fsp3) is 0.0741. The van der Waals surface area contributed by atoms with Crippen molar-refractivity contribution in [2.24, 2.45) is 0 Å². The van der Waals surface area contributed by atoms with Gasteiger partial charge in [0.15, 0.2) is 5.43 Å². The van der Waals surface area contributed by atoms with Crippen molar-refractivity contribution in [1.29, 1.82) is 0 Å². The molecule has 5 rings (SSSR count). The highest BCUT2D eigenvalue weighted by Gasteiger charge is 2.14. The van der Waals surface area contributed by atoms with Gasteiger partial charge >= 0.3 is 0 Å². The van der Waals surface area contributed by atoms with Crippen molar-refractivity contribution in [1.82, 2.24) is 4.98 Å². The van der Waals surface area contributed by atoms with Gasteiger partial charge in [-0.05, 0) is 70.8 Å². The zero-order valence-corrected chi connectivity index (χ0v) is 17.3. The van der Waals surface area contributed by atoms with Gasteiger partial charge < -0.3 is 14.5 Å². The topological polar surface area (TPSA) is 51.3 Å². The van der Waals surface area contributed by atoms with Crippen LogP contribution in [0.25, 0.3) is 44.1 Å². The number of methoxy groups -OCH3 is 2. The van der Waals surface area contributed by atoms with Gasteiger partial charge in [0, 0.05) is 16.3 Å². The summed E-state index contributed by atoms with van der Waals surface area (Å²) >= 11 is 0. The van der Waals surface area contributed by atoms with E-state index in [-0.39, 0.29) is 5.43 Å². The molecule has 0 radical (unpaired) electrons. The number of para-hydroxylation sites is 1. The quantitative estimate of drug-likeness (QED) is 0.370. The fourth-order valence-electron chi connectivity index (χ4n) is 3.99. The Balaban J connectivity index is 1.82. The minimum Gasteiger partial charge on any atom is -0.497 e. The molecule has 0 aliphatic rings. The van der Waals surface area contributed by atoms with Crippen LogP contribution >= 0.6 is 0 Å². The Hall–Kier alpha value is -4.05. The van der Waals surface area contributed by atoms with E-state index in [0.29, 0.717) is 10.8 Å². The lowest BCUT2D eigenvalue weighted by Crippen LogP contribution is -2.04. The summed E-state index contributed by atoms with van der Waals surface area (Å²) in [4.78, 5) is 16.7. The van der Waals surface area contributed by atoms with Gasteiger partial charge in [0.25, 0.3) is 0 Å². The number of fused-ring (bicyclic) bond motifs is 2. The van der Waals surface area contributed by atoms with Crippen molar-refractivity contribution in [2.45, 2.75) is 0 Å². The molecular formula is C27H21NO3. The van der Waals surface area contributed by atoms with Crippen molar-refractivity contribution >= 4 is 21.8 Å². The minimum atomic E-state index is 0.0281. The molecule has 0 aliphatic carbocycles. The molecular weight excluding hydrogens is 386 g/mol. The number of nitrogens with one attached hydrogen (secondary N) is 1. The van der Waals surface area contributed by atoms with Gasteiger partial charge in [-0.3, -0.25) is 4.79 Å². The van der Waals surface area contributed by atoms with Crippen LogP contribution in [0.15, 0.2) is 89.7 Å². The van der Waals surface area contributed by atoms with Crippen LogP contribution in [0, 0.1) is 0 Å². The number of ether oxygens (including phenoxy) is 2. The summed E-state index contributed by atoms with van der Waals surface area (Å²) in [6.07, 6.45) is 0. The van der Waals surface area contributed by atoms with Crippen LogP contribution in [-0.4, -0.2) is 19.2 Å². The van der Waals surface area contributed by atoms with Crippen LogP contribution in [0.2, 0.25) is 0 Å². The van der Waals surface area contributed by atoms with E-state index < -0.39 is 0 Å². The molecule has 1 N–H and O–H groups in total. The third kappa shape index (κ3) is 3.32. The third-order valence-corrected chi connectivity index (χ3v) is 5.65. The minimum absolute atomic E-state index is 0.0281. The molecule has 0 spiro atoms. The van der Waals surface area contributed by atoms with Gasteiger partial charge in [-0.25, -0.2) is 0 Å². The first-order chi connectivity index (χ1) is 15.2. The number of aromatic amines is 1. The predicted octanol–water partition coefficient (Wildman–Crippen LogP) is 6.03. The Morgan fingerprint density at radius 2 is 1.16 bits per heavy atom. The first-order valence-corrected chi connectivity index (χ1v) is 10.1. The molecule has 31 heavy (non-hydrogen) atoms. The van der Waals surface area contributed by atoms with Gasteiger partial charge in [-0.2, -0.15) is 0 Å². The Morgan fingerprint density at radius 3 is 1.74 bits per heavy atom. The number of rotatable bonds is 4. The smallest absolute Gasteiger partial charge is 0.197 e. The first kappa shape index (κ1) is 18.9. The van der Waals surface area contributed by atoms with Crippen LogP contribution in [-0.2, 0) is 0 Å². The Kier molecular flexibility index (Phi) is 4.68. The molecule has 1 heterocycles. The fourth-order valence-corrected chi connectivity index (χ4v) is 3.99. The molecule has 0 bridgehead atoms. The summed E-state index contributed by atoms with van der Waals surface area (Å²) in [6.45, 7) is 0. The average Bonchev–Trinajstić information content (AvgIpc) is 2.84. The Bertz CT molecular complexity index is 1450. The van der Waals surface area contributed by atoms with Gasteiger partial charge in [-0.1, -0.05) is 36.4 Å². The largest absolute Gasteiger partial charge is 0.497 e. The number of aromatic nitrogens is 1. The highest BCUT2D eigenvalue weighted by atomic mass is 16.5. The van der Waals surface area contributed by atoms with Gasteiger partial charge in [-0.15, -0.1) is 0 Å². The highest BCUT2D eigenvalue weighted by Crippen LogP contribution is 2.36. The molecule has 0 unspecified atom stereocenters. The van der Waals surface area contributed by atoms with Crippen molar-refractivity contribution in [2.75, 3.05) is 14.2 Å². The van der Waals surface area contributed by atoms with Crippen molar-refractivity contribution in [3.63, 3.8) is 0 Å². The van der Waals surface area contributed by atoms with Crippen molar-refractivity contribution < 1.29 is 9.47 Å². The Morgan fingerprint density at radius 1 is 0.613 bits per heavy atom.